The molecule has 5 atom stereocenters. The SMILES string of the molecule is CSCCC(N)C(=O)NC(C(=O)NC(C(=O)NC(CC(N)=O)C(=O)O)C(C)C)C(C)O. The number of carbonyl (C=O) groups excluding carboxylic acids is 4. The fraction of sp³-hybridized carbons (Fsp3) is 0.722. The van der Waals surface area contributed by atoms with Crippen molar-refractivity contribution in [2.24, 2.45) is 17.4 Å². The monoisotopic (exact) mass is 463 g/mol. The molecule has 0 aliphatic heterocycles. The van der Waals surface area contributed by atoms with Crippen LogP contribution in [0.3, 0.4) is 0 Å². The Morgan fingerprint density at radius 1 is 0.935 bits per heavy atom. The summed E-state index contributed by atoms with van der Waals surface area (Å²) in [6.07, 6.45) is 0.301. The zero-order valence-electron chi connectivity index (χ0n) is 18.1. The first kappa shape index (κ1) is 28.6. The number of aliphatic carboxylic acids is 1. The van der Waals surface area contributed by atoms with Gasteiger partial charge in [-0.15, -0.1) is 0 Å². The topological polar surface area (TPSA) is 214 Å². The van der Waals surface area contributed by atoms with E-state index in [1.165, 1.54) is 18.7 Å². The maximum Gasteiger partial charge on any atom is 0.326 e. The Bertz CT molecular complexity index is 659. The van der Waals surface area contributed by atoms with E-state index in [1.54, 1.807) is 13.8 Å². The minimum atomic E-state index is -1.56. The highest BCUT2D eigenvalue weighted by Crippen LogP contribution is 2.06. The number of aliphatic hydroxyl groups is 1. The summed E-state index contributed by atoms with van der Waals surface area (Å²) in [6.45, 7) is 4.49. The van der Waals surface area contributed by atoms with Gasteiger partial charge in [0.2, 0.25) is 23.6 Å². The van der Waals surface area contributed by atoms with Crippen molar-refractivity contribution >= 4 is 41.4 Å². The van der Waals surface area contributed by atoms with Gasteiger partial charge in [-0.3, -0.25) is 19.2 Å². The Hall–Kier alpha value is -2.38. The van der Waals surface area contributed by atoms with Crippen LogP contribution >= 0.6 is 11.8 Å². The van der Waals surface area contributed by atoms with Crippen LogP contribution in [-0.2, 0) is 24.0 Å². The molecule has 0 saturated carbocycles. The van der Waals surface area contributed by atoms with E-state index >= 15 is 0 Å². The molecule has 0 aromatic carbocycles. The van der Waals surface area contributed by atoms with Crippen molar-refractivity contribution in [3.63, 3.8) is 0 Å². The van der Waals surface area contributed by atoms with E-state index in [-0.39, 0.29) is 0 Å². The molecular formula is C18H33N5O7S. The average Bonchev–Trinajstić information content (AvgIpc) is 2.66. The number of aliphatic hydroxyl groups excluding tert-OH is 1. The van der Waals surface area contributed by atoms with Gasteiger partial charge >= 0.3 is 5.97 Å². The van der Waals surface area contributed by atoms with Crippen molar-refractivity contribution in [3.05, 3.63) is 0 Å². The van der Waals surface area contributed by atoms with Gasteiger partial charge in [-0.2, -0.15) is 11.8 Å². The van der Waals surface area contributed by atoms with Crippen LogP contribution in [0.5, 0.6) is 0 Å². The Morgan fingerprint density at radius 2 is 1.45 bits per heavy atom. The third-order valence-corrected chi connectivity index (χ3v) is 4.94. The van der Waals surface area contributed by atoms with Crippen LogP contribution in [0.4, 0.5) is 0 Å². The number of primary amides is 1. The van der Waals surface area contributed by atoms with Gasteiger partial charge in [-0.1, -0.05) is 13.8 Å². The van der Waals surface area contributed by atoms with Gasteiger partial charge < -0.3 is 37.6 Å². The number of carbonyl (C=O) groups is 5. The second-order valence-corrected chi connectivity index (χ2v) is 8.40. The lowest BCUT2D eigenvalue weighted by Crippen LogP contribution is -2.61. The molecule has 9 N–H and O–H groups in total. The van der Waals surface area contributed by atoms with Gasteiger partial charge in [0, 0.05) is 0 Å². The van der Waals surface area contributed by atoms with Crippen LogP contribution in [0, 0.1) is 5.92 Å². The molecule has 0 saturated heterocycles. The first-order valence-electron chi connectivity index (χ1n) is 9.66. The second kappa shape index (κ2) is 13.8. The number of rotatable bonds is 14. The Balaban J connectivity index is 5.31. The molecule has 0 fully saturated rings. The molecule has 0 aromatic rings. The fourth-order valence-electron chi connectivity index (χ4n) is 2.48. The van der Waals surface area contributed by atoms with Crippen molar-refractivity contribution in [1.82, 2.24) is 16.0 Å². The van der Waals surface area contributed by atoms with Crippen LogP contribution in [-0.4, -0.2) is 82.1 Å². The highest BCUT2D eigenvalue weighted by atomic mass is 32.2. The Kier molecular flexibility index (Phi) is 12.8. The number of amides is 4. The van der Waals surface area contributed by atoms with Crippen molar-refractivity contribution in [2.75, 3.05) is 12.0 Å². The van der Waals surface area contributed by atoms with Crippen LogP contribution in [0.15, 0.2) is 0 Å². The maximum absolute atomic E-state index is 12.7. The summed E-state index contributed by atoms with van der Waals surface area (Å²) in [7, 11) is 0. The summed E-state index contributed by atoms with van der Waals surface area (Å²) in [5.41, 5.74) is 10.8. The zero-order valence-corrected chi connectivity index (χ0v) is 18.9. The van der Waals surface area contributed by atoms with Crippen molar-refractivity contribution in [2.45, 2.75) is 63.9 Å². The van der Waals surface area contributed by atoms with Crippen molar-refractivity contribution in [1.29, 1.82) is 0 Å². The van der Waals surface area contributed by atoms with Gasteiger partial charge in [0.1, 0.15) is 18.1 Å². The molecule has 0 radical (unpaired) electrons. The number of thioether (sulfide) groups is 1. The smallest absolute Gasteiger partial charge is 0.326 e. The lowest BCUT2D eigenvalue weighted by atomic mass is 10.0. The lowest BCUT2D eigenvalue weighted by molar-refractivity contribution is -0.144. The van der Waals surface area contributed by atoms with E-state index in [4.69, 9.17) is 16.6 Å². The maximum atomic E-state index is 12.7. The summed E-state index contributed by atoms with van der Waals surface area (Å²) in [4.78, 5) is 59.7. The molecule has 0 bridgehead atoms. The summed E-state index contributed by atoms with van der Waals surface area (Å²) >= 11 is 1.50. The molecule has 178 valence electrons. The molecule has 13 heteroatoms. The third kappa shape index (κ3) is 10.5. The predicted molar refractivity (Wildman–Crippen MR) is 115 cm³/mol. The normalized spacial score (nSPS) is 15.8. The quantitative estimate of drug-likeness (QED) is 0.145. The average molecular weight is 464 g/mol. The number of nitrogens with one attached hydrogen (secondary N) is 3. The summed E-state index contributed by atoms with van der Waals surface area (Å²) in [5, 5.41) is 26.0. The standard InChI is InChI=1S/C18H33N5O7S/c1-8(2)13(16(27)21-11(18(29)30)7-12(20)25)22-17(28)14(9(3)24)23-15(26)10(19)5-6-31-4/h8-11,13-14,24H,5-7,19H2,1-4H3,(H2,20,25)(H,21,27)(H,22,28)(H,23,26)(H,29,30). The van der Waals surface area contributed by atoms with E-state index in [2.05, 4.69) is 16.0 Å². The molecule has 0 heterocycles. The molecule has 0 aliphatic carbocycles. The molecular weight excluding hydrogens is 430 g/mol. The molecule has 5 unspecified atom stereocenters. The molecule has 12 nitrogen and oxygen atoms in total. The number of nitrogens with two attached hydrogens (primary N) is 2. The molecule has 0 rings (SSSR count). The highest BCUT2D eigenvalue weighted by Gasteiger charge is 2.33. The molecule has 4 amide bonds. The first-order chi connectivity index (χ1) is 14.3. The van der Waals surface area contributed by atoms with Crippen LogP contribution in [0.2, 0.25) is 0 Å². The van der Waals surface area contributed by atoms with Crippen LogP contribution < -0.4 is 27.4 Å². The van der Waals surface area contributed by atoms with E-state index in [0.29, 0.717) is 12.2 Å². The number of hydrogen-bond donors (Lipinski definition) is 7. The minimum Gasteiger partial charge on any atom is -0.480 e. The van der Waals surface area contributed by atoms with Gasteiger partial charge in [0.15, 0.2) is 0 Å². The fourth-order valence-corrected chi connectivity index (χ4v) is 2.97. The zero-order chi connectivity index (χ0) is 24.3. The summed E-state index contributed by atoms with van der Waals surface area (Å²) in [5.74, 6) is -4.58. The Morgan fingerprint density at radius 3 is 1.87 bits per heavy atom. The predicted octanol–water partition coefficient (Wildman–Crippen LogP) is -2.48. The van der Waals surface area contributed by atoms with Crippen molar-refractivity contribution < 1.29 is 34.2 Å². The largest absolute Gasteiger partial charge is 0.480 e. The van der Waals surface area contributed by atoms with Gasteiger partial charge in [0.05, 0.1) is 18.6 Å². The third-order valence-electron chi connectivity index (χ3n) is 4.30. The molecule has 31 heavy (non-hydrogen) atoms. The number of hydrogen-bond acceptors (Lipinski definition) is 8. The number of carboxylic acids is 1. The first-order valence-corrected chi connectivity index (χ1v) is 11.1. The van der Waals surface area contributed by atoms with Crippen LogP contribution in [0.25, 0.3) is 0 Å². The number of carboxylic acid groups (broad SMARTS) is 1. The summed E-state index contributed by atoms with van der Waals surface area (Å²) in [6, 6.07) is -5.03. The van der Waals surface area contributed by atoms with Crippen LogP contribution in [0.1, 0.15) is 33.6 Å². The molecule has 0 aliphatic rings. The minimum absolute atomic E-state index is 0.370. The van der Waals surface area contributed by atoms with Gasteiger partial charge in [-0.25, -0.2) is 4.79 Å². The van der Waals surface area contributed by atoms with E-state index in [0.717, 1.165) is 0 Å². The molecule has 0 aromatic heterocycles. The van der Waals surface area contributed by atoms with E-state index in [9.17, 15) is 29.1 Å². The van der Waals surface area contributed by atoms with Gasteiger partial charge in [0.25, 0.3) is 0 Å². The van der Waals surface area contributed by atoms with E-state index < -0.39 is 72.2 Å². The van der Waals surface area contributed by atoms with Crippen molar-refractivity contribution in [3.8, 4) is 0 Å². The Labute approximate surface area is 185 Å². The van der Waals surface area contributed by atoms with E-state index in [1.807, 2.05) is 6.26 Å². The lowest BCUT2D eigenvalue weighted by Gasteiger charge is -2.28. The summed E-state index contributed by atoms with van der Waals surface area (Å²) < 4.78 is 0. The molecule has 0 spiro atoms. The van der Waals surface area contributed by atoms with Gasteiger partial charge in [-0.05, 0) is 31.3 Å². The second-order valence-electron chi connectivity index (χ2n) is 7.41. The highest BCUT2D eigenvalue weighted by molar-refractivity contribution is 7.98.